The lowest BCUT2D eigenvalue weighted by Crippen LogP contribution is -2.10. The number of aliphatic carboxylic acids is 1. The molecule has 3 N–H and O–H groups in total. The number of carboxylic acid groups (broad SMARTS) is 1. The molecule has 12 heavy (non-hydrogen) atoms. The van der Waals surface area contributed by atoms with Gasteiger partial charge in [-0.15, -0.1) is 5.73 Å². The van der Waals surface area contributed by atoms with Crippen LogP contribution in [-0.2, 0) is 14.3 Å². The molecule has 0 heterocycles. The van der Waals surface area contributed by atoms with Crippen LogP contribution in [0.25, 0.3) is 0 Å². The van der Waals surface area contributed by atoms with Crippen LogP contribution in [0.1, 0.15) is 6.92 Å². The number of carboxylic acids is 1. The van der Waals surface area contributed by atoms with E-state index in [-0.39, 0.29) is 25.7 Å². The molecule has 2 radical (unpaired) electrons. The molecule has 0 bridgehead atoms. The molecule has 0 saturated carbocycles. The van der Waals surface area contributed by atoms with E-state index in [9.17, 15) is 9.59 Å². The molecule has 6 heteroatoms. The number of esters is 1. The lowest BCUT2D eigenvalue weighted by Gasteiger charge is -1.92. The number of hydrogen-bond acceptors (Lipinski definition) is 4. The highest BCUT2D eigenvalue weighted by molar-refractivity contribution is 5.68. The van der Waals surface area contributed by atoms with Crippen molar-refractivity contribution in [3.8, 4) is 0 Å². The topological polar surface area (TPSA) is 112 Å². The summed E-state index contributed by atoms with van der Waals surface area (Å²) >= 11 is 0. The summed E-state index contributed by atoms with van der Waals surface area (Å²) in [6.07, 6.45) is 0. The Morgan fingerprint density at radius 2 is 2.00 bits per heavy atom. The third kappa shape index (κ3) is 23.2. The van der Waals surface area contributed by atoms with Crippen LogP contribution in [0.5, 0.6) is 0 Å². The quantitative estimate of drug-likeness (QED) is 0.516. The van der Waals surface area contributed by atoms with Crippen LogP contribution in [0.3, 0.4) is 0 Å². The molecule has 0 aromatic carbocycles. The summed E-state index contributed by atoms with van der Waals surface area (Å²) < 4.78 is 4.30. The van der Waals surface area contributed by atoms with Gasteiger partial charge in [0.05, 0.1) is 13.1 Å². The number of carbonyl (C=O) groups excluding carboxylic acids is 1. The Hall–Kier alpha value is -1.14. The van der Waals surface area contributed by atoms with E-state index in [4.69, 9.17) is 10.8 Å². The number of rotatable bonds is 3. The molecule has 0 aromatic rings. The summed E-state index contributed by atoms with van der Waals surface area (Å²) in [6, 6.07) is 0. The summed E-state index contributed by atoms with van der Waals surface area (Å²) in [5, 5.41) is 7.60. The van der Waals surface area contributed by atoms with E-state index in [0.717, 1.165) is 0 Å². The minimum atomic E-state index is -0.968. The van der Waals surface area contributed by atoms with Crippen LogP contribution >= 0.6 is 0 Å². The van der Waals surface area contributed by atoms with Crippen LogP contribution in [0.4, 0.5) is 0 Å². The third-order valence-electron chi connectivity index (χ3n) is 0.571. The minimum Gasteiger partial charge on any atom is -0.480 e. The van der Waals surface area contributed by atoms with E-state index in [0.29, 0.717) is 0 Å². The van der Waals surface area contributed by atoms with E-state index in [1.807, 2.05) is 0 Å². The lowest BCUT2D eigenvalue weighted by molar-refractivity contribution is -0.140. The molecule has 0 aliphatic carbocycles. The first kappa shape index (κ1) is 13.4. The Balaban J connectivity index is 0. The normalized spacial score (nSPS) is 7.92. The van der Waals surface area contributed by atoms with E-state index < -0.39 is 5.97 Å². The van der Waals surface area contributed by atoms with Crippen molar-refractivity contribution in [2.45, 2.75) is 6.92 Å². The molecule has 0 amide bonds. The van der Waals surface area contributed by atoms with Gasteiger partial charge in [0.2, 0.25) is 0 Å². The zero-order valence-electron chi connectivity index (χ0n) is 6.82. The predicted octanol–water partition coefficient (Wildman–Crippen LogP) is -1.35. The smallest absolute Gasteiger partial charge is 0.317 e. The fourth-order valence-electron chi connectivity index (χ4n) is 0.189. The zero-order chi connectivity index (χ0) is 9.98. The maximum absolute atomic E-state index is 9.87. The molecule has 0 saturated heterocycles. The van der Waals surface area contributed by atoms with Gasteiger partial charge in [0.15, 0.2) is 0 Å². The second-order valence-corrected chi connectivity index (χ2v) is 1.66. The van der Waals surface area contributed by atoms with E-state index in [2.05, 4.69) is 10.5 Å². The van der Waals surface area contributed by atoms with Crippen molar-refractivity contribution in [1.29, 1.82) is 0 Å². The van der Waals surface area contributed by atoms with E-state index in [1.165, 1.54) is 6.92 Å². The molecule has 0 atom stereocenters. The minimum absolute atomic E-state index is 0.0976. The number of ether oxygens (including phenoxy) is 1. The second-order valence-electron chi connectivity index (χ2n) is 1.66. The molecule has 0 aromatic heterocycles. The molecule has 70 valence electrons. The second kappa shape index (κ2) is 9.86. The average Bonchev–Trinajstić information content (AvgIpc) is 2.02. The predicted molar refractivity (Wildman–Crippen MR) is 40.3 cm³/mol. The number of hydrogen-bond donors (Lipinski definition) is 2. The number of nitrogens with two attached hydrogens (primary N) is 1. The van der Waals surface area contributed by atoms with E-state index in [1.54, 1.807) is 0 Å². The van der Waals surface area contributed by atoms with Crippen molar-refractivity contribution in [1.82, 2.24) is 5.73 Å². The molecular weight excluding hydrogens is 164 g/mol. The van der Waals surface area contributed by atoms with Gasteiger partial charge < -0.3 is 15.6 Å². The Morgan fingerprint density at radius 1 is 1.58 bits per heavy atom. The van der Waals surface area contributed by atoms with Gasteiger partial charge in [-0.1, -0.05) is 0 Å². The summed E-state index contributed by atoms with van der Waals surface area (Å²) in [5.41, 5.74) is 12.6. The van der Waals surface area contributed by atoms with Gasteiger partial charge in [-0.05, 0) is 0 Å². The first-order chi connectivity index (χ1) is 5.54. The van der Waals surface area contributed by atoms with Gasteiger partial charge in [-0.3, -0.25) is 9.59 Å². The van der Waals surface area contributed by atoms with Crippen molar-refractivity contribution < 1.29 is 19.4 Å². The molecule has 0 aliphatic rings. The largest absolute Gasteiger partial charge is 0.480 e. The molecule has 0 unspecified atom stereocenters. The van der Waals surface area contributed by atoms with Crippen LogP contribution in [0.15, 0.2) is 0 Å². The maximum atomic E-state index is 9.87. The van der Waals surface area contributed by atoms with Gasteiger partial charge >= 0.3 is 11.9 Å². The number of nitrogens with zero attached hydrogens (tertiary/aromatic N) is 1. The van der Waals surface area contributed by atoms with Gasteiger partial charge in [-0.25, -0.2) is 0 Å². The Morgan fingerprint density at radius 3 is 2.08 bits per heavy atom. The van der Waals surface area contributed by atoms with Crippen molar-refractivity contribution in [2.24, 2.45) is 5.73 Å². The third-order valence-corrected chi connectivity index (χ3v) is 0.571. The van der Waals surface area contributed by atoms with Crippen LogP contribution in [0.2, 0.25) is 0 Å². The molecule has 0 rings (SSSR count). The Kier molecular flexibility index (Phi) is 11.1. The van der Waals surface area contributed by atoms with Crippen LogP contribution in [0, 0.1) is 0 Å². The van der Waals surface area contributed by atoms with Crippen molar-refractivity contribution in [2.75, 3.05) is 19.7 Å². The highest BCUT2D eigenvalue weighted by Gasteiger charge is 1.86. The Labute approximate surface area is 70.5 Å². The molecular formula is C6H12N2O4. The lowest BCUT2D eigenvalue weighted by atomic mass is 10.7. The Bertz CT molecular complexity index is 138. The fraction of sp³-hybridized carbons (Fsp3) is 0.667. The summed E-state index contributed by atoms with van der Waals surface area (Å²) in [5.74, 6) is -1.32. The first-order valence-electron chi connectivity index (χ1n) is 3.20. The highest BCUT2D eigenvalue weighted by Crippen LogP contribution is 1.70. The van der Waals surface area contributed by atoms with E-state index >= 15 is 0 Å². The van der Waals surface area contributed by atoms with Crippen molar-refractivity contribution in [3.63, 3.8) is 0 Å². The fourth-order valence-corrected chi connectivity index (χ4v) is 0.189. The standard InChI is InChI=1S/C4H7NO2.C2H5NO2/c1-4(6)7-3-2-5;3-1-2(4)5/h2-3H2,1H3;1,3H2,(H,4,5). The summed E-state index contributed by atoms with van der Waals surface area (Å²) in [7, 11) is 0. The first-order valence-corrected chi connectivity index (χ1v) is 3.20. The van der Waals surface area contributed by atoms with Gasteiger partial charge in [0, 0.05) is 6.92 Å². The summed E-state index contributed by atoms with van der Waals surface area (Å²) in [4.78, 5) is 19.1. The van der Waals surface area contributed by atoms with Gasteiger partial charge in [0.1, 0.15) is 6.61 Å². The van der Waals surface area contributed by atoms with Gasteiger partial charge in [-0.2, -0.15) is 0 Å². The van der Waals surface area contributed by atoms with Crippen molar-refractivity contribution >= 4 is 11.9 Å². The van der Waals surface area contributed by atoms with Crippen LogP contribution < -0.4 is 11.5 Å². The molecule has 0 fully saturated rings. The van der Waals surface area contributed by atoms with Crippen molar-refractivity contribution in [3.05, 3.63) is 0 Å². The van der Waals surface area contributed by atoms with Gasteiger partial charge in [0.25, 0.3) is 0 Å². The molecule has 0 spiro atoms. The van der Waals surface area contributed by atoms with Crippen LogP contribution in [-0.4, -0.2) is 36.7 Å². The SMILES string of the molecule is CC(=O)OCC[N].NCC(=O)O. The highest BCUT2D eigenvalue weighted by atomic mass is 16.5. The maximum Gasteiger partial charge on any atom is 0.317 e. The monoisotopic (exact) mass is 176 g/mol. The number of carbonyl (C=O) groups is 2. The molecule has 6 nitrogen and oxygen atoms in total. The molecule has 0 aliphatic heterocycles. The average molecular weight is 176 g/mol. The zero-order valence-corrected chi connectivity index (χ0v) is 6.82. The summed E-state index contributed by atoms with van der Waals surface area (Å²) in [6.45, 7) is 1.03.